The molecular weight excluding hydrogens is 362 g/mol. The molecule has 2 heterocycles. The van der Waals surface area contributed by atoms with E-state index in [1.54, 1.807) is 0 Å². The van der Waals surface area contributed by atoms with Crippen LogP contribution in [-0.4, -0.2) is 22.1 Å². The molecule has 0 radical (unpaired) electrons. The van der Waals surface area contributed by atoms with Crippen molar-refractivity contribution in [1.29, 1.82) is 0 Å². The van der Waals surface area contributed by atoms with Gasteiger partial charge in [-0.25, -0.2) is 9.78 Å². The first-order valence-electron chi connectivity index (χ1n) is 9.78. The van der Waals surface area contributed by atoms with Crippen LogP contribution in [0.15, 0.2) is 78.0 Å². The second kappa shape index (κ2) is 6.78. The third kappa shape index (κ3) is 2.70. The molecule has 1 aliphatic heterocycles. The summed E-state index contributed by atoms with van der Waals surface area (Å²) in [6.07, 6.45) is 0. The van der Waals surface area contributed by atoms with E-state index in [0.717, 1.165) is 39.0 Å². The number of para-hydroxylation sites is 2. The summed E-state index contributed by atoms with van der Waals surface area (Å²) < 4.78 is 7.56. The summed E-state index contributed by atoms with van der Waals surface area (Å²) in [6.45, 7) is 4.07. The molecule has 144 valence electrons. The Hall–Kier alpha value is -3.60. The van der Waals surface area contributed by atoms with Crippen molar-refractivity contribution in [1.82, 2.24) is 9.55 Å². The molecule has 5 nitrogen and oxygen atoms in total. The zero-order valence-electron chi connectivity index (χ0n) is 16.3. The number of anilines is 1. The summed E-state index contributed by atoms with van der Waals surface area (Å²) in [6, 6.07) is 22.1. The van der Waals surface area contributed by atoms with Gasteiger partial charge in [0.2, 0.25) is 5.95 Å². The van der Waals surface area contributed by atoms with E-state index in [4.69, 9.17) is 9.72 Å². The van der Waals surface area contributed by atoms with Crippen LogP contribution < -0.4 is 5.32 Å². The lowest BCUT2D eigenvalue weighted by molar-refractivity contribution is -0.139. The molecule has 4 aromatic rings. The van der Waals surface area contributed by atoms with Crippen LogP contribution in [0.25, 0.3) is 21.8 Å². The fraction of sp³-hybridized carbons (Fsp3) is 0.167. The van der Waals surface area contributed by atoms with E-state index < -0.39 is 0 Å². The highest BCUT2D eigenvalue weighted by Crippen LogP contribution is 2.41. The highest BCUT2D eigenvalue weighted by Gasteiger charge is 2.35. The van der Waals surface area contributed by atoms with Gasteiger partial charge in [-0.2, -0.15) is 0 Å². The topological polar surface area (TPSA) is 56.1 Å². The van der Waals surface area contributed by atoms with Crippen molar-refractivity contribution < 1.29 is 9.53 Å². The van der Waals surface area contributed by atoms with Gasteiger partial charge in [-0.15, -0.1) is 0 Å². The molecule has 0 spiro atoms. The minimum absolute atomic E-state index is 0.307. The number of nitrogens with zero attached hydrogens (tertiary/aromatic N) is 2. The van der Waals surface area contributed by atoms with Gasteiger partial charge in [-0.1, -0.05) is 54.6 Å². The normalized spacial score (nSPS) is 16.0. The van der Waals surface area contributed by atoms with E-state index in [0.29, 0.717) is 12.2 Å². The molecule has 0 bridgehead atoms. The van der Waals surface area contributed by atoms with E-state index in [-0.39, 0.29) is 12.0 Å². The first-order valence-corrected chi connectivity index (χ1v) is 9.78. The quantitative estimate of drug-likeness (QED) is 0.504. The Balaban J connectivity index is 1.85. The van der Waals surface area contributed by atoms with Crippen molar-refractivity contribution in [3.63, 3.8) is 0 Å². The van der Waals surface area contributed by atoms with E-state index in [2.05, 4.69) is 34.1 Å². The molecule has 3 aromatic carbocycles. The van der Waals surface area contributed by atoms with Crippen LogP contribution in [0.2, 0.25) is 0 Å². The molecule has 1 unspecified atom stereocenters. The second-order valence-corrected chi connectivity index (χ2v) is 7.15. The number of imidazole rings is 1. The number of hydrogen-bond donors (Lipinski definition) is 1. The maximum atomic E-state index is 13.0. The van der Waals surface area contributed by atoms with Gasteiger partial charge in [0, 0.05) is 5.70 Å². The molecule has 0 fully saturated rings. The monoisotopic (exact) mass is 383 g/mol. The first kappa shape index (κ1) is 17.5. The Morgan fingerprint density at radius 2 is 1.83 bits per heavy atom. The zero-order valence-corrected chi connectivity index (χ0v) is 16.3. The fourth-order valence-electron chi connectivity index (χ4n) is 4.22. The molecule has 5 heteroatoms. The van der Waals surface area contributed by atoms with Crippen molar-refractivity contribution in [2.24, 2.45) is 0 Å². The number of fused-ring (bicyclic) bond motifs is 4. The Morgan fingerprint density at radius 1 is 1.07 bits per heavy atom. The van der Waals surface area contributed by atoms with Crippen LogP contribution in [-0.2, 0) is 9.53 Å². The van der Waals surface area contributed by atoms with Crippen molar-refractivity contribution >= 4 is 33.7 Å². The number of esters is 1. The number of ether oxygens (including phenoxy) is 1. The average molecular weight is 383 g/mol. The van der Waals surface area contributed by atoms with Crippen LogP contribution in [0, 0.1) is 0 Å². The van der Waals surface area contributed by atoms with Gasteiger partial charge in [0.25, 0.3) is 0 Å². The number of rotatable bonds is 3. The number of allylic oxidation sites excluding steroid dienone is 1. The lowest BCUT2D eigenvalue weighted by atomic mass is 9.91. The molecule has 5 rings (SSSR count). The van der Waals surface area contributed by atoms with Gasteiger partial charge in [-0.05, 0) is 42.3 Å². The van der Waals surface area contributed by atoms with Crippen LogP contribution in [0.3, 0.4) is 0 Å². The molecule has 1 aliphatic rings. The Morgan fingerprint density at radius 3 is 2.69 bits per heavy atom. The van der Waals surface area contributed by atoms with Crippen LogP contribution >= 0.6 is 0 Å². The van der Waals surface area contributed by atoms with Crippen molar-refractivity contribution in [3.05, 3.63) is 83.6 Å². The van der Waals surface area contributed by atoms with Gasteiger partial charge in [0.15, 0.2) is 0 Å². The van der Waals surface area contributed by atoms with E-state index in [1.165, 1.54) is 0 Å². The van der Waals surface area contributed by atoms with E-state index in [1.807, 2.05) is 56.3 Å². The molecule has 0 saturated carbocycles. The summed E-state index contributed by atoms with van der Waals surface area (Å²) in [4.78, 5) is 17.8. The van der Waals surface area contributed by atoms with Gasteiger partial charge < -0.3 is 10.1 Å². The number of carbonyl (C=O) groups excluding carboxylic acids is 1. The Bertz CT molecular complexity index is 1280. The first-order chi connectivity index (χ1) is 14.2. The van der Waals surface area contributed by atoms with Gasteiger partial charge in [0.05, 0.1) is 29.3 Å². The smallest absolute Gasteiger partial charge is 0.338 e. The minimum atomic E-state index is -0.330. The molecule has 0 aliphatic carbocycles. The predicted octanol–water partition coefficient (Wildman–Crippen LogP) is 5.04. The highest BCUT2D eigenvalue weighted by molar-refractivity contribution is 5.96. The summed E-state index contributed by atoms with van der Waals surface area (Å²) in [5.41, 5.74) is 4.29. The third-order valence-corrected chi connectivity index (χ3v) is 5.44. The Kier molecular flexibility index (Phi) is 4.09. The number of carbonyl (C=O) groups is 1. The summed E-state index contributed by atoms with van der Waals surface area (Å²) in [5, 5.41) is 5.56. The van der Waals surface area contributed by atoms with Crippen LogP contribution in [0.4, 0.5) is 5.95 Å². The highest BCUT2D eigenvalue weighted by atomic mass is 16.5. The van der Waals surface area contributed by atoms with Gasteiger partial charge >= 0.3 is 5.97 Å². The molecule has 0 amide bonds. The third-order valence-electron chi connectivity index (χ3n) is 5.44. The fourth-order valence-corrected chi connectivity index (χ4v) is 4.22. The summed E-state index contributed by atoms with van der Waals surface area (Å²) in [5.74, 6) is 0.425. The van der Waals surface area contributed by atoms with Crippen LogP contribution in [0.1, 0.15) is 25.5 Å². The molecule has 1 N–H and O–H groups in total. The SMILES string of the molecule is CCOC(=O)C1=C(C)Nc2nc3ccccc3n2C1c1cccc2ccccc12. The zero-order chi connectivity index (χ0) is 20.0. The molecular formula is C24H21N3O2. The number of benzene rings is 3. The lowest BCUT2D eigenvalue weighted by Crippen LogP contribution is -2.29. The van der Waals surface area contributed by atoms with Crippen molar-refractivity contribution in [3.8, 4) is 0 Å². The van der Waals surface area contributed by atoms with Gasteiger partial charge in [-0.3, -0.25) is 4.57 Å². The summed E-state index contributed by atoms with van der Waals surface area (Å²) in [7, 11) is 0. The molecule has 1 atom stereocenters. The largest absolute Gasteiger partial charge is 0.463 e. The predicted molar refractivity (Wildman–Crippen MR) is 115 cm³/mol. The second-order valence-electron chi connectivity index (χ2n) is 7.15. The van der Waals surface area contributed by atoms with E-state index in [9.17, 15) is 4.79 Å². The number of aromatic nitrogens is 2. The molecule has 1 aromatic heterocycles. The lowest BCUT2D eigenvalue weighted by Gasteiger charge is -2.31. The Labute approximate surface area is 168 Å². The van der Waals surface area contributed by atoms with Crippen molar-refractivity contribution in [2.45, 2.75) is 19.9 Å². The van der Waals surface area contributed by atoms with E-state index >= 15 is 0 Å². The standard InChI is InChI=1S/C24H21N3O2/c1-3-29-23(28)21-15(2)25-24-26-19-13-6-7-14-20(19)27(24)22(21)18-12-8-10-16-9-4-5-11-17(16)18/h4-14,22H,3H2,1-2H3,(H,25,26). The minimum Gasteiger partial charge on any atom is -0.463 e. The summed E-state index contributed by atoms with van der Waals surface area (Å²) >= 11 is 0. The molecule has 0 saturated heterocycles. The van der Waals surface area contributed by atoms with Crippen LogP contribution in [0.5, 0.6) is 0 Å². The number of hydrogen-bond acceptors (Lipinski definition) is 4. The maximum absolute atomic E-state index is 13.0. The molecule has 29 heavy (non-hydrogen) atoms. The van der Waals surface area contributed by atoms with Crippen molar-refractivity contribution in [2.75, 3.05) is 11.9 Å². The number of nitrogens with one attached hydrogen (secondary N) is 1. The average Bonchev–Trinajstić information content (AvgIpc) is 3.10. The van der Waals surface area contributed by atoms with Gasteiger partial charge in [0.1, 0.15) is 0 Å². The maximum Gasteiger partial charge on any atom is 0.338 e.